The molecule has 0 aliphatic carbocycles. The van der Waals surface area contributed by atoms with Crippen LogP contribution in [0.5, 0.6) is 0 Å². The van der Waals surface area contributed by atoms with Crippen molar-refractivity contribution in [1.29, 1.82) is 0 Å². The number of nitrogens with zero attached hydrogens (tertiary/aromatic N) is 3. The Morgan fingerprint density at radius 2 is 1.81 bits per heavy atom. The van der Waals surface area contributed by atoms with E-state index in [2.05, 4.69) is 56.6 Å². The molecule has 1 saturated heterocycles. The second kappa shape index (κ2) is 10.2. The SMILES string of the molecule is CN=C(NCCc1ccc(C)cc1)N1CCN(CC(=O)NC(C)C)CC1. The van der Waals surface area contributed by atoms with Gasteiger partial charge in [-0.15, -0.1) is 0 Å². The zero-order valence-electron chi connectivity index (χ0n) is 16.6. The Hall–Kier alpha value is -2.08. The molecule has 0 radical (unpaired) electrons. The fraction of sp³-hybridized carbons (Fsp3) is 0.600. The van der Waals surface area contributed by atoms with Gasteiger partial charge in [-0.25, -0.2) is 0 Å². The summed E-state index contributed by atoms with van der Waals surface area (Å²) in [7, 11) is 1.83. The first-order chi connectivity index (χ1) is 12.5. The second-order valence-corrected chi connectivity index (χ2v) is 7.19. The number of aliphatic imine (C=N–C) groups is 1. The van der Waals surface area contributed by atoms with E-state index in [0.717, 1.165) is 45.1 Å². The number of amides is 1. The van der Waals surface area contributed by atoms with Crippen LogP contribution in [-0.2, 0) is 11.2 Å². The van der Waals surface area contributed by atoms with Gasteiger partial charge in [0.15, 0.2) is 5.96 Å². The summed E-state index contributed by atoms with van der Waals surface area (Å²) in [6, 6.07) is 8.86. The average molecular weight is 360 g/mol. The van der Waals surface area contributed by atoms with Crippen molar-refractivity contribution < 1.29 is 4.79 Å². The lowest BCUT2D eigenvalue weighted by molar-refractivity contribution is -0.123. The molecule has 144 valence electrons. The van der Waals surface area contributed by atoms with Crippen LogP contribution in [0.1, 0.15) is 25.0 Å². The molecule has 1 amide bonds. The lowest BCUT2D eigenvalue weighted by Gasteiger charge is -2.36. The minimum Gasteiger partial charge on any atom is -0.356 e. The van der Waals surface area contributed by atoms with Crippen molar-refractivity contribution in [3.05, 3.63) is 35.4 Å². The lowest BCUT2D eigenvalue weighted by atomic mass is 10.1. The van der Waals surface area contributed by atoms with Gasteiger partial charge in [-0.05, 0) is 32.8 Å². The van der Waals surface area contributed by atoms with Gasteiger partial charge in [0.1, 0.15) is 0 Å². The van der Waals surface area contributed by atoms with Crippen LogP contribution in [0, 0.1) is 6.92 Å². The van der Waals surface area contributed by atoms with Crippen LogP contribution in [0.3, 0.4) is 0 Å². The Bertz CT molecular complexity index is 589. The molecule has 1 fully saturated rings. The van der Waals surface area contributed by atoms with Crippen molar-refractivity contribution in [3.8, 4) is 0 Å². The number of hydrogen-bond acceptors (Lipinski definition) is 3. The zero-order chi connectivity index (χ0) is 18.9. The summed E-state index contributed by atoms with van der Waals surface area (Å²) in [4.78, 5) is 20.8. The highest BCUT2D eigenvalue weighted by molar-refractivity contribution is 5.80. The number of benzene rings is 1. The molecule has 1 aromatic rings. The standard InChI is InChI=1S/C20H33N5O/c1-16(2)23-19(26)15-24-11-13-25(14-12-24)20(21-4)22-10-9-18-7-5-17(3)6-8-18/h5-8,16H,9-15H2,1-4H3,(H,21,22)(H,23,26). The second-order valence-electron chi connectivity index (χ2n) is 7.19. The van der Waals surface area contributed by atoms with Crippen LogP contribution in [0.15, 0.2) is 29.3 Å². The summed E-state index contributed by atoms with van der Waals surface area (Å²) < 4.78 is 0. The molecular weight excluding hydrogens is 326 g/mol. The van der Waals surface area contributed by atoms with Crippen molar-refractivity contribution in [1.82, 2.24) is 20.4 Å². The molecule has 2 N–H and O–H groups in total. The molecule has 0 saturated carbocycles. The summed E-state index contributed by atoms with van der Waals surface area (Å²) in [5, 5.41) is 6.41. The Morgan fingerprint density at radius 3 is 2.38 bits per heavy atom. The molecule has 1 aliphatic heterocycles. The fourth-order valence-electron chi connectivity index (χ4n) is 3.09. The zero-order valence-corrected chi connectivity index (χ0v) is 16.6. The summed E-state index contributed by atoms with van der Waals surface area (Å²) in [6.45, 7) is 11.0. The average Bonchev–Trinajstić information content (AvgIpc) is 2.60. The van der Waals surface area contributed by atoms with E-state index in [9.17, 15) is 4.79 Å². The summed E-state index contributed by atoms with van der Waals surface area (Å²) in [5.74, 6) is 1.05. The quantitative estimate of drug-likeness (QED) is 0.593. The number of carbonyl (C=O) groups is 1. The fourth-order valence-corrected chi connectivity index (χ4v) is 3.09. The topological polar surface area (TPSA) is 60.0 Å². The molecule has 1 aromatic carbocycles. The van der Waals surface area contributed by atoms with E-state index < -0.39 is 0 Å². The van der Waals surface area contributed by atoms with Crippen LogP contribution in [0.4, 0.5) is 0 Å². The molecule has 1 heterocycles. The highest BCUT2D eigenvalue weighted by atomic mass is 16.2. The molecule has 0 atom stereocenters. The van der Waals surface area contributed by atoms with Gasteiger partial charge in [-0.3, -0.25) is 14.7 Å². The van der Waals surface area contributed by atoms with Gasteiger partial charge in [0.2, 0.25) is 5.91 Å². The van der Waals surface area contributed by atoms with E-state index in [1.807, 2.05) is 20.9 Å². The smallest absolute Gasteiger partial charge is 0.234 e. The third-order valence-electron chi connectivity index (χ3n) is 4.52. The first kappa shape index (κ1) is 20.2. The van der Waals surface area contributed by atoms with Crippen LogP contribution in [-0.4, -0.2) is 74.0 Å². The molecule has 6 heteroatoms. The monoisotopic (exact) mass is 359 g/mol. The number of piperazine rings is 1. The lowest BCUT2D eigenvalue weighted by Crippen LogP contribution is -2.54. The summed E-state index contributed by atoms with van der Waals surface area (Å²) in [5.41, 5.74) is 2.62. The van der Waals surface area contributed by atoms with Crippen LogP contribution >= 0.6 is 0 Å². The Labute approximate surface area is 157 Å². The van der Waals surface area contributed by atoms with E-state index in [1.165, 1.54) is 11.1 Å². The number of guanidine groups is 1. The van der Waals surface area contributed by atoms with Gasteiger partial charge >= 0.3 is 0 Å². The van der Waals surface area contributed by atoms with Gasteiger partial charge in [0.05, 0.1) is 6.54 Å². The predicted molar refractivity (Wildman–Crippen MR) is 108 cm³/mol. The Balaban J connectivity index is 1.72. The molecule has 0 unspecified atom stereocenters. The van der Waals surface area contributed by atoms with Gasteiger partial charge in [0, 0.05) is 45.8 Å². The van der Waals surface area contributed by atoms with Crippen molar-refractivity contribution in [3.63, 3.8) is 0 Å². The maximum absolute atomic E-state index is 11.9. The van der Waals surface area contributed by atoms with E-state index in [1.54, 1.807) is 0 Å². The van der Waals surface area contributed by atoms with Gasteiger partial charge in [0.25, 0.3) is 0 Å². The minimum atomic E-state index is 0.106. The molecule has 1 aliphatic rings. The number of hydrogen-bond donors (Lipinski definition) is 2. The highest BCUT2D eigenvalue weighted by Crippen LogP contribution is 2.05. The third-order valence-corrected chi connectivity index (χ3v) is 4.52. The first-order valence-electron chi connectivity index (χ1n) is 9.51. The first-order valence-corrected chi connectivity index (χ1v) is 9.51. The van der Waals surface area contributed by atoms with Gasteiger partial charge in [-0.2, -0.15) is 0 Å². The molecule has 0 aromatic heterocycles. The van der Waals surface area contributed by atoms with E-state index in [-0.39, 0.29) is 11.9 Å². The van der Waals surface area contributed by atoms with Gasteiger partial charge < -0.3 is 15.5 Å². The van der Waals surface area contributed by atoms with Crippen molar-refractivity contribution in [2.75, 3.05) is 46.3 Å². The van der Waals surface area contributed by atoms with Crippen LogP contribution in [0.25, 0.3) is 0 Å². The number of rotatable bonds is 6. The van der Waals surface area contributed by atoms with E-state index >= 15 is 0 Å². The molecule has 0 bridgehead atoms. The minimum absolute atomic E-state index is 0.106. The molecular formula is C20H33N5O. The normalized spacial score (nSPS) is 16.0. The summed E-state index contributed by atoms with van der Waals surface area (Å²) in [6.07, 6.45) is 0.981. The number of nitrogens with one attached hydrogen (secondary N) is 2. The Kier molecular flexibility index (Phi) is 7.91. The maximum Gasteiger partial charge on any atom is 0.234 e. The van der Waals surface area contributed by atoms with Gasteiger partial charge in [-0.1, -0.05) is 29.8 Å². The molecule has 2 rings (SSSR count). The maximum atomic E-state index is 11.9. The van der Waals surface area contributed by atoms with Crippen molar-refractivity contribution >= 4 is 11.9 Å². The largest absolute Gasteiger partial charge is 0.356 e. The van der Waals surface area contributed by atoms with Crippen molar-refractivity contribution in [2.24, 2.45) is 4.99 Å². The van der Waals surface area contributed by atoms with Crippen LogP contribution < -0.4 is 10.6 Å². The number of carbonyl (C=O) groups excluding carboxylic acids is 1. The van der Waals surface area contributed by atoms with Crippen molar-refractivity contribution in [2.45, 2.75) is 33.2 Å². The molecule has 6 nitrogen and oxygen atoms in total. The summed E-state index contributed by atoms with van der Waals surface area (Å²) >= 11 is 0. The Morgan fingerprint density at radius 1 is 1.15 bits per heavy atom. The van der Waals surface area contributed by atoms with E-state index in [4.69, 9.17) is 0 Å². The molecule has 26 heavy (non-hydrogen) atoms. The predicted octanol–water partition coefficient (Wildman–Crippen LogP) is 1.26. The highest BCUT2D eigenvalue weighted by Gasteiger charge is 2.21. The number of aryl methyl sites for hydroxylation is 1. The van der Waals surface area contributed by atoms with Crippen LogP contribution in [0.2, 0.25) is 0 Å². The van der Waals surface area contributed by atoms with E-state index in [0.29, 0.717) is 6.54 Å². The molecule has 0 spiro atoms. The third kappa shape index (κ3) is 6.67.